The van der Waals surface area contributed by atoms with E-state index in [9.17, 15) is 13.9 Å². The molecule has 1 N–H and O–H groups in total. The molecule has 0 atom stereocenters. The largest absolute Gasteiger partial charge is 0.455 e. The van der Waals surface area contributed by atoms with Gasteiger partial charge >= 0.3 is 0 Å². The second-order valence-electron chi connectivity index (χ2n) is 6.18. The fourth-order valence-electron chi connectivity index (χ4n) is 2.62. The number of pyridine rings is 1. The van der Waals surface area contributed by atoms with Gasteiger partial charge in [-0.3, -0.25) is 0 Å². The van der Waals surface area contributed by atoms with Crippen LogP contribution in [0.1, 0.15) is 25.1 Å². The Kier molecular flexibility index (Phi) is 3.97. The molecule has 0 fully saturated rings. The van der Waals surface area contributed by atoms with E-state index in [0.29, 0.717) is 22.3 Å². The first-order valence-corrected chi connectivity index (χ1v) is 7.52. The van der Waals surface area contributed by atoms with Gasteiger partial charge in [-0.15, -0.1) is 0 Å². The zero-order valence-electron chi connectivity index (χ0n) is 13.6. The SMILES string of the molecule is Cc1nc2cc(F)ccc2cc1Oc1cccc(F)c1C(C)(C)O. The van der Waals surface area contributed by atoms with Gasteiger partial charge in [0.05, 0.1) is 22.4 Å². The highest BCUT2D eigenvalue weighted by molar-refractivity contribution is 5.80. The third-order valence-electron chi connectivity index (χ3n) is 3.73. The van der Waals surface area contributed by atoms with Crippen molar-refractivity contribution in [3.8, 4) is 11.5 Å². The van der Waals surface area contributed by atoms with Gasteiger partial charge < -0.3 is 9.84 Å². The van der Waals surface area contributed by atoms with Crippen LogP contribution in [0.3, 0.4) is 0 Å². The number of aliphatic hydroxyl groups is 1. The second-order valence-corrected chi connectivity index (χ2v) is 6.18. The molecule has 0 aliphatic carbocycles. The summed E-state index contributed by atoms with van der Waals surface area (Å²) in [5.41, 5.74) is -0.272. The molecule has 3 rings (SSSR count). The molecule has 1 aromatic heterocycles. The fourth-order valence-corrected chi connectivity index (χ4v) is 2.62. The number of aromatic nitrogens is 1. The van der Waals surface area contributed by atoms with Crippen LogP contribution < -0.4 is 4.74 Å². The molecule has 3 aromatic rings. The summed E-state index contributed by atoms with van der Waals surface area (Å²) in [5, 5.41) is 10.9. The van der Waals surface area contributed by atoms with Crippen LogP contribution in [0, 0.1) is 18.6 Å². The number of aryl methyl sites for hydroxylation is 1. The van der Waals surface area contributed by atoms with Crippen molar-refractivity contribution in [1.29, 1.82) is 0 Å². The Balaban J connectivity index is 2.09. The Morgan fingerprint density at radius 3 is 2.50 bits per heavy atom. The van der Waals surface area contributed by atoms with E-state index in [4.69, 9.17) is 4.74 Å². The van der Waals surface area contributed by atoms with Crippen LogP contribution in [0.15, 0.2) is 42.5 Å². The lowest BCUT2D eigenvalue weighted by atomic mass is 9.96. The molecule has 0 saturated carbocycles. The number of halogens is 2. The van der Waals surface area contributed by atoms with Crippen molar-refractivity contribution in [2.75, 3.05) is 0 Å². The summed E-state index contributed by atoms with van der Waals surface area (Å²) in [6.45, 7) is 4.71. The van der Waals surface area contributed by atoms with Crippen LogP contribution in [0.25, 0.3) is 10.9 Å². The van der Waals surface area contributed by atoms with E-state index in [1.165, 1.54) is 38.1 Å². The van der Waals surface area contributed by atoms with Crippen LogP contribution >= 0.6 is 0 Å². The van der Waals surface area contributed by atoms with Crippen LogP contribution in [-0.2, 0) is 5.60 Å². The zero-order valence-corrected chi connectivity index (χ0v) is 13.6. The number of rotatable bonds is 3. The van der Waals surface area contributed by atoms with Gasteiger partial charge in [-0.05, 0) is 51.1 Å². The van der Waals surface area contributed by atoms with Gasteiger partial charge in [0.1, 0.15) is 23.1 Å². The highest BCUT2D eigenvalue weighted by Crippen LogP contribution is 2.36. The summed E-state index contributed by atoms with van der Waals surface area (Å²) >= 11 is 0. The fraction of sp³-hybridized carbons (Fsp3) is 0.211. The molecule has 1 heterocycles. The van der Waals surface area contributed by atoms with Gasteiger partial charge in [0.2, 0.25) is 0 Å². The van der Waals surface area contributed by atoms with E-state index in [1.807, 2.05) is 0 Å². The molecule has 0 saturated heterocycles. The molecule has 0 aliphatic rings. The number of hydrogen-bond acceptors (Lipinski definition) is 3. The number of fused-ring (bicyclic) bond motifs is 1. The van der Waals surface area contributed by atoms with E-state index < -0.39 is 11.4 Å². The monoisotopic (exact) mass is 329 g/mol. The first-order chi connectivity index (χ1) is 11.3. The highest BCUT2D eigenvalue weighted by Gasteiger charge is 2.26. The van der Waals surface area contributed by atoms with Crippen molar-refractivity contribution < 1.29 is 18.6 Å². The molecule has 0 radical (unpaired) electrons. The van der Waals surface area contributed by atoms with Crippen molar-refractivity contribution in [2.24, 2.45) is 0 Å². The van der Waals surface area contributed by atoms with Crippen molar-refractivity contribution in [3.05, 3.63) is 65.4 Å². The Hall–Kier alpha value is -2.53. The van der Waals surface area contributed by atoms with Gasteiger partial charge in [-0.25, -0.2) is 13.8 Å². The first-order valence-electron chi connectivity index (χ1n) is 7.52. The van der Waals surface area contributed by atoms with Gasteiger partial charge in [0, 0.05) is 11.5 Å². The van der Waals surface area contributed by atoms with Crippen molar-refractivity contribution in [3.63, 3.8) is 0 Å². The smallest absolute Gasteiger partial charge is 0.149 e. The van der Waals surface area contributed by atoms with E-state index in [0.717, 1.165) is 0 Å². The topological polar surface area (TPSA) is 42.4 Å². The van der Waals surface area contributed by atoms with Crippen LogP contribution in [0.4, 0.5) is 8.78 Å². The first kappa shape index (κ1) is 16.3. The lowest BCUT2D eigenvalue weighted by Gasteiger charge is -2.22. The van der Waals surface area contributed by atoms with Crippen molar-refractivity contribution in [2.45, 2.75) is 26.4 Å². The second kappa shape index (κ2) is 5.83. The third-order valence-corrected chi connectivity index (χ3v) is 3.73. The molecule has 24 heavy (non-hydrogen) atoms. The third kappa shape index (κ3) is 3.08. The summed E-state index contributed by atoms with van der Waals surface area (Å²) < 4.78 is 33.3. The Morgan fingerprint density at radius 2 is 1.79 bits per heavy atom. The van der Waals surface area contributed by atoms with Gasteiger partial charge in [-0.2, -0.15) is 0 Å². The van der Waals surface area contributed by atoms with E-state index >= 15 is 0 Å². The van der Waals surface area contributed by atoms with Crippen molar-refractivity contribution >= 4 is 10.9 Å². The average molecular weight is 329 g/mol. The quantitative estimate of drug-likeness (QED) is 0.747. The molecular weight excluding hydrogens is 312 g/mol. The number of nitrogens with zero attached hydrogens (tertiary/aromatic N) is 1. The standard InChI is InChI=1S/C19H17F2NO2/c1-11-17(9-12-7-8-13(20)10-15(12)22-11)24-16-6-4-5-14(21)18(16)19(2,3)23/h4-10,23H,1-3H3. The van der Waals surface area contributed by atoms with Gasteiger partial charge in [-0.1, -0.05) is 6.07 Å². The molecule has 0 aliphatic heterocycles. The maximum atomic E-state index is 14.1. The number of hydrogen-bond donors (Lipinski definition) is 1. The molecule has 124 valence electrons. The summed E-state index contributed by atoms with van der Waals surface area (Å²) in [4.78, 5) is 4.33. The normalized spacial score (nSPS) is 11.8. The minimum Gasteiger partial charge on any atom is -0.455 e. The molecule has 0 spiro atoms. The minimum absolute atomic E-state index is 0.0728. The Morgan fingerprint density at radius 1 is 1.04 bits per heavy atom. The Bertz CT molecular complexity index is 917. The van der Waals surface area contributed by atoms with E-state index in [2.05, 4.69) is 4.98 Å². The molecule has 0 unspecified atom stereocenters. The minimum atomic E-state index is -1.40. The van der Waals surface area contributed by atoms with Crippen molar-refractivity contribution in [1.82, 2.24) is 4.98 Å². The Labute approximate surface area is 138 Å². The predicted molar refractivity (Wildman–Crippen MR) is 88.2 cm³/mol. The van der Waals surface area contributed by atoms with Gasteiger partial charge in [0.15, 0.2) is 0 Å². The summed E-state index contributed by atoms with van der Waals surface area (Å²) in [6, 6.07) is 10.4. The average Bonchev–Trinajstić information content (AvgIpc) is 2.47. The summed E-state index contributed by atoms with van der Waals surface area (Å²) in [5.74, 6) is -0.273. The molecule has 0 bridgehead atoms. The van der Waals surface area contributed by atoms with Crippen LogP contribution in [0.5, 0.6) is 11.5 Å². The highest BCUT2D eigenvalue weighted by atomic mass is 19.1. The lowest BCUT2D eigenvalue weighted by Crippen LogP contribution is -2.18. The predicted octanol–water partition coefficient (Wildman–Crippen LogP) is 4.84. The van der Waals surface area contributed by atoms with E-state index in [-0.39, 0.29) is 17.1 Å². The molecular formula is C19H17F2NO2. The molecule has 5 heteroatoms. The maximum Gasteiger partial charge on any atom is 0.149 e. The number of benzene rings is 2. The van der Waals surface area contributed by atoms with Crippen LogP contribution in [0.2, 0.25) is 0 Å². The molecule has 3 nitrogen and oxygen atoms in total. The zero-order chi connectivity index (χ0) is 17.5. The van der Waals surface area contributed by atoms with Gasteiger partial charge in [0.25, 0.3) is 0 Å². The molecule has 0 amide bonds. The maximum absolute atomic E-state index is 14.1. The number of ether oxygens (including phenoxy) is 1. The lowest BCUT2D eigenvalue weighted by molar-refractivity contribution is 0.0720. The van der Waals surface area contributed by atoms with Crippen LogP contribution in [-0.4, -0.2) is 10.1 Å². The van der Waals surface area contributed by atoms with E-state index in [1.54, 1.807) is 25.1 Å². The summed E-state index contributed by atoms with van der Waals surface area (Å²) in [7, 11) is 0. The summed E-state index contributed by atoms with van der Waals surface area (Å²) in [6.07, 6.45) is 0. The molecule has 2 aromatic carbocycles.